The van der Waals surface area contributed by atoms with Crippen LogP contribution in [-0.4, -0.2) is 22.0 Å². The maximum absolute atomic E-state index is 13.0. The van der Waals surface area contributed by atoms with Crippen LogP contribution in [0.1, 0.15) is 32.6 Å². The van der Waals surface area contributed by atoms with E-state index in [-0.39, 0.29) is 23.7 Å². The van der Waals surface area contributed by atoms with Crippen molar-refractivity contribution in [2.75, 3.05) is 0 Å². The van der Waals surface area contributed by atoms with Gasteiger partial charge in [0, 0.05) is 0 Å². The highest BCUT2D eigenvalue weighted by molar-refractivity contribution is 5.81. The molecule has 0 aliphatic carbocycles. The van der Waals surface area contributed by atoms with Crippen molar-refractivity contribution in [3.63, 3.8) is 0 Å². The van der Waals surface area contributed by atoms with Crippen LogP contribution in [0.2, 0.25) is 0 Å². The number of benzene rings is 2. The van der Waals surface area contributed by atoms with Crippen LogP contribution in [0, 0.1) is 11.7 Å². The van der Waals surface area contributed by atoms with Gasteiger partial charge in [0.2, 0.25) is 0 Å². The number of fused-ring (bicyclic) bond motifs is 1. The minimum absolute atomic E-state index is 0.137. The van der Waals surface area contributed by atoms with Crippen molar-refractivity contribution in [3.05, 3.63) is 60.2 Å². The Bertz CT molecular complexity index is 856. The number of hydrogen-bond donors (Lipinski definition) is 2. The predicted octanol–water partition coefficient (Wildman–Crippen LogP) is 3.98. The zero-order valence-corrected chi connectivity index (χ0v) is 15.0. The highest BCUT2D eigenvalue weighted by Gasteiger charge is 2.25. The zero-order valence-electron chi connectivity index (χ0n) is 15.0. The number of amides is 1. The third-order valence-electron chi connectivity index (χ3n) is 4.16. The molecule has 0 fully saturated rings. The van der Waals surface area contributed by atoms with Gasteiger partial charge in [0.25, 0.3) is 5.91 Å². The van der Waals surface area contributed by atoms with Crippen LogP contribution in [0.5, 0.6) is 5.75 Å². The van der Waals surface area contributed by atoms with Gasteiger partial charge in [-0.05, 0) is 49.2 Å². The summed E-state index contributed by atoms with van der Waals surface area (Å²) in [5.41, 5.74) is 1.79. The number of carbonyl (C=O) groups excluding carboxylic acids is 1. The molecular formula is C20H22FN3O2. The van der Waals surface area contributed by atoms with Crippen LogP contribution < -0.4 is 10.1 Å². The molecule has 1 heterocycles. The van der Waals surface area contributed by atoms with E-state index in [9.17, 15) is 9.18 Å². The summed E-state index contributed by atoms with van der Waals surface area (Å²) >= 11 is 0. The molecule has 0 unspecified atom stereocenters. The lowest BCUT2D eigenvalue weighted by Crippen LogP contribution is -2.40. The van der Waals surface area contributed by atoms with E-state index in [4.69, 9.17) is 4.74 Å². The molecule has 136 valence electrons. The van der Waals surface area contributed by atoms with E-state index in [1.54, 1.807) is 6.92 Å². The third-order valence-corrected chi connectivity index (χ3v) is 4.16. The lowest BCUT2D eigenvalue weighted by atomic mass is 10.0. The summed E-state index contributed by atoms with van der Waals surface area (Å²) in [5.74, 6) is 0.688. The van der Waals surface area contributed by atoms with E-state index in [2.05, 4.69) is 15.3 Å². The summed E-state index contributed by atoms with van der Waals surface area (Å²) in [6, 6.07) is 13.1. The maximum atomic E-state index is 13.0. The molecule has 0 spiro atoms. The summed E-state index contributed by atoms with van der Waals surface area (Å²) in [6.07, 6.45) is -0.717. The Morgan fingerprint density at radius 2 is 1.81 bits per heavy atom. The van der Waals surface area contributed by atoms with E-state index in [1.165, 1.54) is 24.3 Å². The van der Waals surface area contributed by atoms with Crippen LogP contribution in [0.3, 0.4) is 0 Å². The number of ether oxygens (including phenoxy) is 1. The average molecular weight is 355 g/mol. The molecule has 2 atom stereocenters. The van der Waals surface area contributed by atoms with Crippen molar-refractivity contribution in [2.45, 2.75) is 32.9 Å². The normalized spacial score (nSPS) is 13.6. The first kappa shape index (κ1) is 17.9. The fourth-order valence-corrected chi connectivity index (χ4v) is 2.71. The summed E-state index contributed by atoms with van der Waals surface area (Å²) in [6.45, 7) is 5.70. The molecule has 2 N–H and O–H groups in total. The van der Waals surface area contributed by atoms with Gasteiger partial charge in [-0.15, -0.1) is 0 Å². The lowest BCUT2D eigenvalue weighted by Gasteiger charge is -2.23. The minimum atomic E-state index is -0.717. The topological polar surface area (TPSA) is 67.0 Å². The molecule has 0 bridgehead atoms. The Balaban J connectivity index is 1.72. The first-order valence-electron chi connectivity index (χ1n) is 8.61. The summed E-state index contributed by atoms with van der Waals surface area (Å²) in [5, 5.41) is 2.99. The summed E-state index contributed by atoms with van der Waals surface area (Å²) in [7, 11) is 0. The van der Waals surface area contributed by atoms with Gasteiger partial charge in [0.1, 0.15) is 17.4 Å². The van der Waals surface area contributed by atoms with E-state index in [0.717, 1.165) is 11.0 Å². The minimum Gasteiger partial charge on any atom is -0.481 e. The van der Waals surface area contributed by atoms with Gasteiger partial charge in [-0.3, -0.25) is 4.79 Å². The number of rotatable bonds is 6. The second-order valence-electron chi connectivity index (χ2n) is 6.58. The Labute approximate surface area is 151 Å². The van der Waals surface area contributed by atoms with Crippen molar-refractivity contribution in [1.29, 1.82) is 0 Å². The number of hydrogen-bond acceptors (Lipinski definition) is 3. The van der Waals surface area contributed by atoms with Crippen LogP contribution in [0.15, 0.2) is 48.5 Å². The molecule has 3 rings (SSSR count). The number of imidazole rings is 1. The Hall–Kier alpha value is -2.89. The number of para-hydroxylation sites is 2. The molecule has 0 aliphatic rings. The van der Waals surface area contributed by atoms with Crippen LogP contribution in [0.4, 0.5) is 4.39 Å². The van der Waals surface area contributed by atoms with Gasteiger partial charge in [-0.25, -0.2) is 9.37 Å². The quantitative estimate of drug-likeness (QED) is 0.703. The van der Waals surface area contributed by atoms with Gasteiger partial charge in [0.05, 0.1) is 17.1 Å². The van der Waals surface area contributed by atoms with Gasteiger partial charge in [0.15, 0.2) is 6.10 Å². The highest BCUT2D eigenvalue weighted by atomic mass is 19.1. The second kappa shape index (κ2) is 7.56. The first-order valence-corrected chi connectivity index (χ1v) is 8.61. The van der Waals surface area contributed by atoms with Crippen molar-refractivity contribution < 1.29 is 13.9 Å². The molecule has 0 saturated heterocycles. The molecule has 6 heteroatoms. The number of nitrogens with one attached hydrogen (secondary N) is 2. The van der Waals surface area contributed by atoms with E-state index in [0.29, 0.717) is 11.6 Å². The number of H-pyrrole nitrogens is 1. The third kappa shape index (κ3) is 4.02. The molecule has 2 aromatic carbocycles. The lowest BCUT2D eigenvalue weighted by molar-refractivity contribution is -0.128. The Morgan fingerprint density at radius 3 is 2.46 bits per heavy atom. The SMILES string of the molecule is CC(C)[C@H](NC(=O)[C@H](C)Oc1ccc(F)cc1)c1nc2ccccc2[nH]1. The zero-order chi connectivity index (χ0) is 18.7. The average Bonchev–Trinajstić information content (AvgIpc) is 3.04. The highest BCUT2D eigenvalue weighted by Crippen LogP contribution is 2.22. The number of halogens is 1. The van der Waals surface area contributed by atoms with Crippen LogP contribution >= 0.6 is 0 Å². The molecule has 3 aromatic rings. The first-order chi connectivity index (χ1) is 12.4. The summed E-state index contributed by atoms with van der Waals surface area (Å²) < 4.78 is 18.6. The number of aromatic nitrogens is 2. The van der Waals surface area contributed by atoms with E-state index < -0.39 is 6.10 Å². The molecule has 0 saturated carbocycles. The van der Waals surface area contributed by atoms with Gasteiger partial charge >= 0.3 is 0 Å². The maximum Gasteiger partial charge on any atom is 0.261 e. The fourth-order valence-electron chi connectivity index (χ4n) is 2.71. The smallest absolute Gasteiger partial charge is 0.261 e. The molecule has 5 nitrogen and oxygen atoms in total. The largest absolute Gasteiger partial charge is 0.481 e. The van der Waals surface area contributed by atoms with Gasteiger partial charge in [-0.1, -0.05) is 26.0 Å². The molecule has 0 radical (unpaired) electrons. The molecular weight excluding hydrogens is 333 g/mol. The Morgan fingerprint density at radius 1 is 1.12 bits per heavy atom. The monoisotopic (exact) mass is 355 g/mol. The fraction of sp³-hybridized carbons (Fsp3) is 0.300. The molecule has 1 aromatic heterocycles. The number of aromatic amines is 1. The van der Waals surface area contributed by atoms with Crippen molar-refractivity contribution in [2.24, 2.45) is 5.92 Å². The van der Waals surface area contributed by atoms with Crippen molar-refractivity contribution in [3.8, 4) is 5.75 Å². The summed E-state index contributed by atoms with van der Waals surface area (Å²) in [4.78, 5) is 20.4. The molecule has 1 amide bonds. The number of carbonyl (C=O) groups is 1. The van der Waals surface area contributed by atoms with Crippen LogP contribution in [0.25, 0.3) is 11.0 Å². The van der Waals surface area contributed by atoms with Crippen molar-refractivity contribution in [1.82, 2.24) is 15.3 Å². The van der Waals surface area contributed by atoms with Gasteiger partial charge in [-0.2, -0.15) is 0 Å². The molecule has 0 aliphatic heterocycles. The van der Waals surface area contributed by atoms with E-state index in [1.807, 2.05) is 38.1 Å². The van der Waals surface area contributed by atoms with Gasteiger partial charge < -0.3 is 15.0 Å². The second-order valence-corrected chi connectivity index (χ2v) is 6.58. The van der Waals surface area contributed by atoms with Crippen LogP contribution in [-0.2, 0) is 4.79 Å². The van der Waals surface area contributed by atoms with E-state index >= 15 is 0 Å². The van der Waals surface area contributed by atoms with Crippen molar-refractivity contribution >= 4 is 16.9 Å². The predicted molar refractivity (Wildman–Crippen MR) is 98.3 cm³/mol. The standard InChI is InChI=1S/C20H22FN3O2/c1-12(2)18(19-22-16-6-4-5-7-17(16)23-19)24-20(25)13(3)26-15-10-8-14(21)9-11-15/h4-13,18H,1-3H3,(H,22,23)(H,24,25)/t13-,18-/m0/s1. The number of nitrogens with zero attached hydrogens (tertiary/aromatic N) is 1. The molecule has 26 heavy (non-hydrogen) atoms. The Kier molecular flexibility index (Phi) is 5.21.